The molecule has 0 amide bonds. The van der Waals surface area contributed by atoms with E-state index in [0.717, 1.165) is 36.8 Å². The molecule has 1 aromatic carbocycles. The Labute approximate surface area is 191 Å². The molecule has 1 aromatic rings. The van der Waals surface area contributed by atoms with Crippen molar-refractivity contribution >= 4 is 35.9 Å². The minimum absolute atomic E-state index is 0. The molecule has 0 radical (unpaired) electrons. The second kappa shape index (κ2) is 12.8. The molecule has 1 N–H and O–H groups in total. The first-order chi connectivity index (χ1) is 13.5. The normalized spacial score (nSPS) is 18.8. The molecule has 0 aliphatic carbocycles. The van der Waals surface area contributed by atoms with Crippen molar-refractivity contribution < 1.29 is 19.0 Å². The molecule has 164 valence electrons. The average molecular weight is 519 g/mol. The summed E-state index contributed by atoms with van der Waals surface area (Å²) in [6, 6.07) is 5.89. The number of guanidine groups is 1. The second-order valence-corrected chi connectivity index (χ2v) is 7.02. The summed E-state index contributed by atoms with van der Waals surface area (Å²) in [5.74, 6) is 2.23. The Balaban J connectivity index is 0.00000420. The maximum atomic E-state index is 12.0. The largest absolute Gasteiger partial charge is 0.493 e. The maximum absolute atomic E-state index is 12.0. The molecule has 1 heterocycles. The van der Waals surface area contributed by atoms with Crippen molar-refractivity contribution in [2.75, 3.05) is 40.5 Å². The number of halogens is 1. The van der Waals surface area contributed by atoms with Gasteiger partial charge in [0.25, 0.3) is 0 Å². The summed E-state index contributed by atoms with van der Waals surface area (Å²) in [4.78, 5) is 18.9. The Hall–Kier alpha value is -1.71. The van der Waals surface area contributed by atoms with Gasteiger partial charge in [-0.3, -0.25) is 4.79 Å². The Bertz CT molecular complexity index is 684. The Morgan fingerprint density at radius 3 is 2.62 bits per heavy atom. The minimum atomic E-state index is -0.154. The van der Waals surface area contributed by atoms with Gasteiger partial charge in [0, 0.05) is 19.6 Å². The van der Waals surface area contributed by atoms with Crippen molar-refractivity contribution in [3.63, 3.8) is 0 Å². The smallest absolute Gasteiger partial charge is 0.310 e. The Morgan fingerprint density at radius 2 is 2.00 bits per heavy atom. The van der Waals surface area contributed by atoms with Gasteiger partial charge < -0.3 is 24.4 Å². The summed E-state index contributed by atoms with van der Waals surface area (Å²) in [5, 5.41) is 3.33. The van der Waals surface area contributed by atoms with Gasteiger partial charge in [-0.25, -0.2) is 4.99 Å². The van der Waals surface area contributed by atoms with Crippen LogP contribution in [0.2, 0.25) is 0 Å². The van der Waals surface area contributed by atoms with Gasteiger partial charge >= 0.3 is 5.97 Å². The van der Waals surface area contributed by atoms with Crippen LogP contribution in [0, 0.1) is 11.8 Å². The third-order valence-electron chi connectivity index (χ3n) is 4.85. The van der Waals surface area contributed by atoms with Gasteiger partial charge in [0.05, 0.1) is 33.3 Å². The van der Waals surface area contributed by atoms with Crippen molar-refractivity contribution in [3.8, 4) is 11.5 Å². The first kappa shape index (κ1) is 25.3. The first-order valence-corrected chi connectivity index (χ1v) is 9.94. The van der Waals surface area contributed by atoms with Crippen LogP contribution < -0.4 is 14.8 Å². The van der Waals surface area contributed by atoms with Crippen LogP contribution in [0.1, 0.15) is 32.8 Å². The molecule has 0 bridgehead atoms. The van der Waals surface area contributed by atoms with E-state index in [9.17, 15) is 4.79 Å². The third-order valence-corrected chi connectivity index (χ3v) is 4.85. The SMILES string of the molecule is CCCOc1ccc(CN=C(NCC)N2CC(C)C(C(=O)OC)C2)cc1OC.I. The fourth-order valence-corrected chi connectivity index (χ4v) is 3.33. The van der Waals surface area contributed by atoms with Crippen LogP contribution in [0.5, 0.6) is 11.5 Å². The standard InChI is InChI=1S/C21H33N3O4.HI/c1-6-10-28-18-9-8-16(11-19(18)26-4)12-23-21(22-7-2)24-13-15(3)17(14-24)20(25)27-5;/h8-9,11,15,17H,6-7,10,12-14H2,1-5H3,(H,22,23);1H. The Kier molecular flexibility index (Phi) is 11.2. The number of nitrogens with one attached hydrogen (secondary N) is 1. The van der Waals surface area contributed by atoms with Gasteiger partial charge in [0.1, 0.15) is 0 Å². The van der Waals surface area contributed by atoms with E-state index in [1.54, 1.807) is 7.11 Å². The lowest BCUT2D eigenvalue weighted by Gasteiger charge is -2.21. The average Bonchev–Trinajstić information content (AvgIpc) is 3.10. The summed E-state index contributed by atoms with van der Waals surface area (Å²) >= 11 is 0. The van der Waals surface area contributed by atoms with Crippen LogP contribution in [0.4, 0.5) is 0 Å². The maximum Gasteiger partial charge on any atom is 0.310 e. The third kappa shape index (κ3) is 6.94. The van der Waals surface area contributed by atoms with Crippen LogP contribution in [-0.4, -0.2) is 57.3 Å². The lowest BCUT2D eigenvalue weighted by molar-refractivity contribution is -0.145. The second-order valence-electron chi connectivity index (χ2n) is 7.02. The molecule has 0 spiro atoms. The van der Waals surface area contributed by atoms with E-state index in [-0.39, 0.29) is 41.8 Å². The van der Waals surface area contributed by atoms with Gasteiger partial charge in [0.15, 0.2) is 17.5 Å². The number of ether oxygens (including phenoxy) is 3. The predicted octanol–water partition coefficient (Wildman–Crippen LogP) is 3.31. The van der Waals surface area contributed by atoms with E-state index < -0.39 is 0 Å². The molecule has 1 saturated heterocycles. The summed E-state index contributed by atoms with van der Waals surface area (Å²) in [5.41, 5.74) is 1.04. The highest BCUT2D eigenvalue weighted by atomic mass is 127. The molecule has 2 rings (SSSR count). The van der Waals surface area contributed by atoms with Crippen LogP contribution in [0.15, 0.2) is 23.2 Å². The predicted molar refractivity (Wildman–Crippen MR) is 125 cm³/mol. The number of aliphatic imine (C=N–C) groups is 1. The first-order valence-electron chi connectivity index (χ1n) is 9.94. The highest BCUT2D eigenvalue weighted by molar-refractivity contribution is 14.0. The van der Waals surface area contributed by atoms with Crippen molar-refractivity contribution in [1.82, 2.24) is 10.2 Å². The number of benzene rings is 1. The lowest BCUT2D eigenvalue weighted by atomic mass is 9.99. The number of hydrogen-bond acceptors (Lipinski definition) is 5. The highest BCUT2D eigenvalue weighted by Gasteiger charge is 2.36. The van der Waals surface area contributed by atoms with Gasteiger partial charge in [-0.2, -0.15) is 0 Å². The van der Waals surface area contributed by atoms with Gasteiger partial charge in [-0.15, -0.1) is 24.0 Å². The quantitative estimate of drug-likeness (QED) is 0.246. The molecule has 2 atom stereocenters. The fraction of sp³-hybridized carbons (Fsp3) is 0.619. The van der Waals surface area contributed by atoms with Crippen molar-refractivity contribution in [3.05, 3.63) is 23.8 Å². The summed E-state index contributed by atoms with van der Waals surface area (Å²) < 4.78 is 16.1. The number of hydrogen-bond donors (Lipinski definition) is 1. The zero-order chi connectivity index (χ0) is 20.5. The van der Waals surface area contributed by atoms with Crippen molar-refractivity contribution in [2.45, 2.75) is 33.7 Å². The van der Waals surface area contributed by atoms with Crippen LogP contribution in [0.25, 0.3) is 0 Å². The van der Waals surface area contributed by atoms with Crippen molar-refractivity contribution in [2.24, 2.45) is 16.8 Å². The number of likely N-dealkylation sites (tertiary alicyclic amines) is 1. The molecular formula is C21H34IN3O4. The molecule has 0 aromatic heterocycles. The molecular weight excluding hydrogens is 485 g/mol. The Morgan fingerprint density at radius 1 is 1.24 bits per heavy atom. The van der Waals surface area contributed by atoms with E-state index >= 15 is 0 Å². The van der Waals surface area contributed by atoms with E-state index in [0.29, 0.717) is 25.4 Å². The molecule has 8 heteroatoms. The summed E-state index contributed by atoms with van der Waals surface area (Å²) in [7, 11) is 3.09. The molecule has 0 saturated carbocycles. The van der Waals surface area contributed by atoms with E-state index in [2.05, 4.69) is 24.1 Å². The van der Waals surface area contributed by atoms with Gasteiger partial charge in [-0.1, -0.05) is 19.9 Å². The van der Waals surface area contributed by atoms with Gasteiger partial charge in [-0.05, 0) is 37.0 Å². The lowest BCUT2D eigenvalue weighted by Crippen LogP contribution is -2.40. The summed E-state index contributed by atoms with van der Waals surface area (Å²) in [6.45, 7) is 9.52. The molecule has 29 heavy (non-hydrogen) atoms. The van der Waals surface area contributed by atoms with E-state index in [4.69, 9.17) is 19.2 Å². The van der Waals surface area contributed by atoms with E-state index in [1.807, 2.05) is 25.1 Å². The van der Waals surface area contributed by atoms with E-state index in [1.165, 1.54) is 7.11 Å². The zero-order valence-electron chi connectivity index (χ0n) is 18.1. The van der Waals surface area contributed by atoms with Crippen LogP contribution in [-0.2, 0) is 16.1 Å². The number of nitrogens with zero attached hydrogens (tertiary/aromatic N) is 2. The number of rotatable bonds is 8. The number of carbonyl (C=O) groups excluding carboxylic acids is 1. The highest BCUT2D eigenvalue weighted by Crippen LogP contribution is 2.29. The topological polar surface area (TPSA) is 72.4 Å². The summed E-state index contributed by atoms with van der Waals surface area (Å²) in [6.07, 6.45) is 0.946. The number of methoxy groups -OCH3 is 2. The van der Waals surface area contributed by atoms with Crippen molar-refractivity contribution in [1.29, 1.82) is 0 Å². The molecule has 7 nitrogen and oxygen atoms in total. The molecule has 1 fully saturated rings. The monoisotopic (exact) mass is 519 g/mol. The molecule has 2 unspecified atom stereocenters. The van der Waals surface area contributed by atoms with Crippen LogP contribution in [0.3, 0.4) is 0 Å². The molecule has 1 aliphatic heterocycles. The van der Waals surface area contributed by atoms with Crippen LogP contribution >= 0.6 is 24.0 Å². The minimum Gasteiger partial charge on any atom is -0.493 e. The van der Waals surface area contributed by atoms with Gasteiger partial charge in [0.2, 0.25) is 0 Å². The number of carbonyl (C=O) groups is 1. The zero-order valence-corrected chi connectivity index (χ0v) is 20.4. The molecule has 1 aliphatic rings. The fourth-order valence-electron chi connectivity index (χ4n) is 3.33. The number of esters is 1.